The SMILES string of the molecule is O=[N+]([O-])c1c(F)cccc1S(=O)(=O)Nc1ccc(Br)nc1. The van der Waals surface area contributed by atoms with Crippen molar-refractivity contribution < 1.29 is 17.7 Å². The van der Waals surface area contributed by atoms with Crippen molar-refractivity contribution in [3.05, 3.63) is 57.1 Å². The second kappa shape index (κ2) is 5.74. The van der Waals surface area contributed by atoms with Crippen LogP contribution in [-0.4, -0.2) is 18.3 Å². The van der Waals surface area contributed by atoms with E-state index >= 15 is 0 Å². The van der Waals surface area contributed by atoms with Gasteiger partial charge in [0.1, 0.15) is 4.60 Å². The van der Waals surface area contributed by atoms with Crippen LogP contribution >= 0.6 is 15.9 Å². The van der Waals surface area contributed by atoms with Gasteiger partial charge in [-0.15, -0.1) is 0 Å². The Morgan fingerprint density at radius 3 is 2.57 bits per heavy atom. The summed E-state index contributed by atoms with van der Waals surface area (Å²) < 4.78 is 40.3. The van der Waals surface area contributed by atoms with Crippen LogP contribution < -0.4 is 4.72 Å². The topological polar surface area (TPSA) is 102 Å². The molecule has 0 bridgehead atoms. The summed E-state index contributed by atoms with van der Waals surface area (Å²) in [5.74, 6) is -1.23. The van der Waals surface area contributed by atoms with Crippen LogP contribution in [0.25, 0.3) is 0 Å². The van der Waals surface area contributed by atoms with Crippen LogP contribution in [0.3, 0.4) is 0 Å². The fourth-order valence-corrected chi connectivity index (χ4v) is 3.00. The number of benzene rings is 1. The van der Waals surface area contributed by atoms with Crippen LogP contribution in [0.2, 0.25) is 0 Å². The number of nitrogens with zero attached hydrogens (tertiary/aromatic N) is 2. The van der Waals surface area contributed by atoms with Crippen molar-refractivity contribution in [3.8, 4) is 0 Å². The molecule has 2 rings (SSSR count). The molecule has 21 heavy (non-hydrogen) atoms. The summed E-state index contributed by atoms with van der Waals surface area (Å²) in [5.41, 5.74) is -1.01. The number of anilines is 1. The highest BCUT2D eigenvalue weighted by molar-refractivity contribution is 9.10. The third kappa shape index (κ3) is 3.34. The molecule has 1 aromatic carbocycles. The molecule has 1 aromatic heterocycles. The van der Waals surface area contributed by atoms with E-state index in [9.17, 15) is 22.9 Å². The van der Waals surface area contributed by atoms with Crippen LogP contribution in [0.5, 0.6) is 0 Å². The maximum Gasteiger partial charge on any atom is 0.325 e. The highest BCUT2D eigenvalue weighted by Gasteiger charge is 2.29. The molecule has 0 aliphatic carbocycles. The lowest BCUT2D eigenvalue weighted by atomic mass is 10.3. The molecule has 7 nitrogen and oxygen atoms in total. The molecule has 10 heteroatoms. The number of aromatic nitrogens is 1. The minimum atomic E-state index is -4.31. The fraction of sp³-hybridized carbons (Fsp3) is 0. The summed E-state index contributed by atoms with van der Waals surface area (Å²) in [7, 11) is -4.31. The molecule has 0 amide bonds. The van der Waals surface area contributed by atoms with E-state index in [1.54, 1.807) is 0 Å². The van der Waals surface area contributed by atoms with Crippen LogP contribution in [0, 0.1) is 15.9 Å². The lowest BCUT2D eigenvalue weighted by Gasteiger charge is -2.08. The van der Waals surface area contributed by atoms with E-state index in [1.807, 2.05) is 0 Å². The molecule has 0 saturated heterocycles. The number of halogens is 2. The first-order valence-electron chi connectivity index (χ1n) is 5.38. The number of hydrogen-bond donors (Lipinski definition) is 1. The molecule has 0 unspecified atom stereocenters. The number of hydrogen-bond acceptors (Lipinski definition) is 5. The smallest absolute Gasteiger partial charge is 0.278 e. The fourth-order valence-electron chi connectivity index (χ4n) is 1.54. The van der Waals surface area contributed by atoms with Gasteiger partial charge in [0.05, 0.1) is 16.8 Å². The van der Waals surface area contributed by atoms with E-state index in [4.69, 9.17) is 0 Å². The molecular weight excluding hydrogens is 369 g/mol. The molecule has 1 N–H and O–H groups in total. The van der Waals surface area contributed by atoms with E-state index in [0.29, 0.717) is 4.60 Å². The number of para-hydroxylation sites is 1. The van der Waals surface area contributed by atoms with Crippen molar-refractivity contribution in [2.75, 3.05) is 4.72 Å². The lowest BCUT2D eigenvalue weighted by Crippen LogP contribution is -2.15. The predicted molar refractivity (Wildman–Crippen MR) is 75.8 cm³/mol. The molecule has 0 saturated carbocycles. The monoisotopic (exact) mass is 375 g/mol. The Bertz CT molecular complexity index is 796. The Hall–Kier alpha value is -2.07. The first-order chi connectivity index (χ1) is 9.81. The molecule has 0 aliphatic rings. The third-order valence-electron chi connectivity index (χ3n) is 2.40. The van der Waals surface area contributed by atoms with Gasteiger partial charge in [-0.1, -0.05) is 6.07 Å². The van der Waals surface area contributed by atoms with Gasteiger partial charge in [-0.3, -0.25) is 14.8 Å². The van der Waals surface area contributed by atoms with Gasteiger partial charge in [0.25, 0.3) is 10.0 Å². The minimum absolute atomic E-state index is 0.0942. The van der Waals surface area contributed by atoms with Crippen molar-refractivity contribution in [2.45, 2.75) is 4.90 Å². The maximum atomic E-state index is 13.5. The van der Waals surface area contributed by atoms with Gasteiger partial charge in [-0.05, 0) is 40.2 Å². The van der Waals surface area contributed by atoms with E-state index < -0.39 is 31.3 Å². The van der Waals surface area contributed by atoms with Crippen LogP contribution in [0.4, 0.5) is 15.8 Å². The van der Waals surface area contributed by atoms with Crippen LogP contribution in [0.15, 0.2) is 46.0 Å². The van der Waals surface area contributed by atoms with Gasteiger partial charge in [0.15, 0.2) is 4.90 Å². The summed E-state index contributed by atoms with van der Waals surface area (Å²) in [6.07, 6.45) is 1.22. The number of sulfonamides is 1. The minimum Gasteiger partial charge on any atom is -0.278 e. The second-order valence-electron chi connectivity index (χ2n) is 3.82. The summed E-state index contributed by atoms with van der Waals surface area (Å²) in [6, 6.07) is 5.74. The summed E-state index contributed by atoms with van der Waals surface area (Å²) in [5, 5.41) is 10.8. The van der Waals surface area contributed by atoms with Gasteiger partial charge < -0.3 is 0 Å². The third-order valence-corrected chi connectivity index (χ3v) is 4.28. The van der Waals surface area contributed by atoms with E-state index in [2.05, 4.69) is 25.6 Å². The molecule has 0 fully saturated rings. The Morgan fingerprint density at radius 1 is 1.29 bits per heavy atom. The molecule has 0 atom stereocenters. The maximum absolute atomic E-state index is 13.5. The lowest BCUT2D eigenvalue weighted by molar-refractivity contribution is -0.390. The zero-order valence-electron chi connectivity index (χ0n) is 10.2. The van der Waals surface area contributed by atoms with Crippen LogP contribution in [0.1, 0.15) is 0 Å². The van der Waals surface area contributed by atoms with Gasteiger partial charge in [0.2, 0.25) is 5.82 Å². The zero-order valence-corrected chi connectivity index (χ0v) is 12.6. The van der Waals surface area contributed by atoms with Gasteiger partial charge in [-0.25, -0.2) is 13.4 Å². The number of nitro groups is 1. The van der Waals surface area contributed by atoms with Crippen molar-refractivity contribution in [1.82, 2.24) is 4.98 Å². The van der Waals surface area contributed by atoms with E-state index in [-0.39, 0.29) is 5.69 Å². The average molecular weight is 376 g/mol. The van der Waals surface area contributed by atoms with Gasteiger partial charge in [0, 0.05) is 0 Å². The van der Waals surface area contributed by atoms with Crippen molar-refractivity contribution in [3.63, 3.8) is 0 Å². The summed E-state index contributed by atoms with van der Waals surface area (Å²) in [4.78, 5) is 12.8. The summed E-state index contributed by atoms with van der Waals surface area (Å²) >= 11 is 3.08. The Morgan fingerprint density at radius 2 is 2.00 bits per heavy atom. The van der Waals surface area contributed by atoms with Crippen molar-refractivity contribution in [1.29, 1.82) is 0 Å². The molecule has 2 aromatic rings. The van der Waals surface area contributed by atoms with Gasteiger partial charge in [-0.2, -0.15) is 4.39 Å². The number of nitro benzene ring substituents is 1. The Balaban J connectivity index is 2.47. The standard InChI is InChI=1S/C11H7BrFN3O4S/c12-10-5-4-7(6-14-10)15-21(19,20)9-3-1-2-8(13)11(9)16(17)18/h1-6,15H. The quantitative estimate of drug-likeness (QED) is 0.502. The first-order valence-corrected chi connectivity index (χ1v) is 7.66. The first kappa shape index (κ1) is 15.3. The Labute approximate surface area is 127 Å². The average Bonchev–Trinajstić information content (AvgIpc) is 2.40. The zero-order chi connectivity index (χ0) is 15.6. The number of rotatable bonds is 4. The highest BCUT2D eigenvalue weighted by Crippen LogP contribution is 2.28. The van der Waals surface area contributed by atoms with Crippen molar-refractivity contribution >= 4 is 37.3 Å². The normalized spacial score (nSPS) is 11.1. The van der Waals surface area contributed by atoms with Crippen LogP contribution in [-0.2, 0) is 10.0 Å². The molecule has 0 aliphatic heterocycles. The summed E-state index contributed by atoms with van der Waals surface area (Å²) in [6.45, 7) is 0. The predicted octanol–water partition coefficient (Wildman–Crippen LogP) is 2.69. The molecule has 1 heterocycles. The number of pyridine rings is 1. The molecule has 110 valence electrons. The number of nitrogens with one attached hydrogen (secondary N) is 1. The highest BCUT2D eigenvalue weighted by atomic mass is 79.9. The second-order valence-corrected chi connectivity index (χ2v) is 6.28. The van der Waals surface area contributed by atoms with Crippen molar-refractivity contribution in [2.24, 2.45) is 0 Å². The van der Waals surface area contributed by atoms with E-state index in [1.165, 1.54) is 18.3 Å². The largest absolute Gasteiger partial charge is 0.325 e. The molecule has 0 spiro atoms. The Kier molecular flexibility index (Phi) is 4.19. The molecular formula is C11H7BrFN3O4S. The van der Waals surface area contributed by atoms with Gasteiger partial charge >= 0.3 is 5.69 Å². The molecule has 0 radical (unpaired) electrons. The van der Waals surface area contributed by atoms with E-state index in [0.717, 1.165) is 18.2 Å².